The molecular formula is C16H15FN4O2. The van der Waals surface area contributed by atoms with Crippen LogP contribution >= 0.6 is 0 Å². The minimum Gasteiger partial charge on any atom is -0.488 e. The van der Waals surface area contributed by atoms with E-state index >= 15 is 0 Å². The summed E-state index contributed by atoms with van der Waals surface area (Å²) in [6.07, 6.45) is 3.27. The molecule has 3 rings (SSSR count). The number of rotatable bonds is 3. The Labute approximate surface area is 132 Å². The molecule has 2 aromatic rings. The Morgan fingerprint density at radius 2 is 2.13 bits per heavy atom. The van der Waals surface area contributed by atoms with Crippen LogP contribution in [-0.4, -0.2) is 29.0 Å². The van der Waals surface area contributed by atoms with Gasteiger partial charge in [0.25, 0.3) is 5.56 Å². The Morgan fingerprint density at radius 3 is 2.78 bits per heavy atom. The van der Waals surface area contributed by atoms with Crippen molar-refractivity contribution in [2.75, 3.05) is 13.1 Å². The minimum atomic E-state index is -0.686. The van der Waals surface area contributed by atoms with Crippen LogP contribution in [0.4, 0.5) is 4.39 Å². The zero-order chi connectivity index (χ0) is 16.2. The fourth-order valence-corrected chi connectivity index (χ4v) is 2.48. The van der Waals surface area contributed by atoms with Gasteiger partial charge in [-0.3, -0.25) is 4.79 Å². The number of halogens is 1. The van der Waals surface area contributed by atoms with Crippen LogP contribution in [-0.2, 0) is 0 Å². The summed E-state index contributed by atoms with van der Waals surface area (Å²) in [6.45, 7) is 1.78. The molecule has 118 valence electrons. The molecule has 0 bridgehead atoms. The molecule has 0 unspecified atom stereocenters. The predicted molar refractivity (Wildman–Crippen MR) is 81.0 cm³/mol. The lowest BCUT2D eigenvalue weighted by Crippen LogP contribution is -2.34. The first-order valence-corrected chi connectivity index (χ1v) is 7.34. The number of nitrogens with one attached hydrogen (secondary N) is 1. The molecule has 23 heavy (non-hydrogen) atoms. The second-order valence-corrected chi connectivity index (χ2v) is 5.28. The van der Waals surface area contributed by atoms with Crippen molar-refractivity contribution >= 4 is 0 Å². The first kappa shape index (κ1) is 15.2. The first-order chi connectivity index (χ1) is 11.2. The summed E-state index contributed by atoms with van der Waals surface area (Å²) < 4.78 is 20.5. The number of hydrogen-bond donors (Lipinski definition) is 1. The third-order valence-corrected chi connectivity index (χ3v) is 3.68. The maximum absolute atomic E-state index is 13.7. The average molecular weight is 314 g/mol. The van der Waals surface area contributed by atoms with Crippen molar-refractivity contribution in [2.45, 2.75) is 18.9 Å². The average Bonchev–Trinajstić information content (AvgIpc) is 2.56. The summed E-state index contributed by atoms with van der Waals surface area (Å²) in [7, 11) is 0. The van der Waals surface area contributed by atoms with Crippen molar-refractivity contribution < 1.29 is 9.13 Å². The Kier molecular flexibility index (Phi) is 4.35. The number of nitriles is 1. The highest BCUT2D eigenvalue weighted by Gasteiger charge is 2.15. The molecule has 1 aliphatic heterocycles. The van der Waals surface area contributed by atoms with E-state index in [9.17, 15) is 9.18 Å². The van der Waals surface area contributed by atoms with Gasteiger partial charge in [0.05, 0.1) is 17.4 Å². The first-order valence-electron chi connectivity index (χ1n) is 7.34. The number of aromatic nitrogens is 2. The van der Waals surface area contributed by atoms with E-state index in [0.29, 0.717) is 5.75 Å². The maximum Gasteiger partial charge on any atom is 0.275 e. The van der Waals surface area contributed by atoms with Crippen LogP contribution in [0.2, 0.25) is 0 Å². The van der Waals surface area contributed by atoms with Crippen molar-refractivity contribution in [3.63, 3.8) is 0 Å². The molecule has 6 nitrogen and oxygen atoms in total. The summed E-state index contributed by atoms with van der Waals surface area (Å²) in [4.78, 5) is 12.2. The lowest BCUT2D eigenvalue weighted by Gasteiger charge is -2.23. The Hall–Kier alpha value is -2.72. The van der Waals surface area contributed by atoms with E-state index in [-0.39, 0.29) is 17.4 Å². The van der Waals surface area contributed by atoms with Gasteiger partial charge in [0.1, 0.15) is 23.7 Å². The van der Waals surface area contributed by atoms with E-state index in [1.807, 2.05) is 0 Å². The normalized spacial score (nSPS) is 15.1. The largest absolute Gasteiger partial charge is 0.488 e. The molecule has 0 radical (unpaired) electrons. The highest BCUT2D eigenvalue weighted by molar-refractivity contribution is 5.40. The van der Waals surface area contributed by atoms with Gasteiger partial charge in [0.2, 0.25) is 0 Å². The van der Waals surface area contributed by atoms with Gasteiger partial charge < -0.3 is 10.1 Å². The molecule has 1 saturated heterocycles. The number of benzene rings is 1. The van der Waals surface area contributed by atoms with E-state index in [2.05, 4.69) is 10.4 Å². The SMILES string of the molecule is N#Cc1ccc(-n2ncc(OC3CCNCC3)cc2=O)cc1F. The number of nitrogens with zero attached hydrogens (tertiary/aromatic N) is 3. The van der Waals surface area contributed by atoms with Gasteiger partial charge in [-0.2, -0.15) is 15.0 Å². The smallest absolute Gasteiger partial charge is 0.275 e. The van der Waals surface area contributed by atoms with Crippen molar-refractivity contribution in [2.24, 2.45) is 0 Å². The fourth-order valence-electron chi connectivity index (χ4n) is 2.48. The molecule has 1 aromatic carbocycles. The maximum atomic E-state index is 13.7. The third kappa shape index (κ3) is 3.38. The summed E-state index contributed by atoms with van der Waals surface area (Å²) in [5.41, 5.74) is -0.229. The van der Waals surface area contributed by atoms with E-state index in [1.165, 1.54) is 24.4 Å². The van der Waals surface area contributed by atoms with Gasteiger partial charge in [-0.15, -0.1) is 0 Å². The molecule has 1 aliphatic rings. The predicted octanol–water partition coefficient (Wildman–Crippen LogP) is 1.37. The van der Waals surface area contributed by atoms with Gasteiger partial charge in [-0.05, 0) is 38.1 Å². The van der Waals surface area contributed by atoms with Crippen LogP contribution in [0.25, 0.3) is 5.69 Å². The molecule has 1 fully saturated rings. The van der Waals surface area contributed by atoms with E-state index < -0.39 is 11.4 Å². The van der Waals surface area contributed by atoms with Crippen LogP contribution in [0.3, 0.4) is 0 Å². The quantitative estimate of drug-likeness (QED) is 0.925. The van der Waals surface area contributed by atoms with Crippen LogP contribution < -0.4 is 15.6 Å². The molecule has 7 heteroatoms. The van der Waals surface area contributed by atoms with Crippen molar-refractivity contribution in [1.29, 1.82) is 5.26 Å². The molecule has 2 heterocycles. The Morgan fingerprint density at radius 1 is 1.35 bits per heavy atom. The molecule has 0 aliphatic carbocycles. The number of ether oxygens (including phenoxy) is 1. The number of hydrogen-bond acceptors (Lipinski definition) is 5. The van der Waals surface area contributed by atoms with Crippen molar-refractivity contribution in [1.82, 2.24) is 15.1 Å². The van der Waals surface area contributed by atoms with Crippen molar-refractivity contribution in [3.8, 4) is 17.5 Å². The zero-order valence-electron chi connectivity index (χ0n) is 12.3. The zero-order valence-corrected chi connectivity index (χ0v) is 12.3. The molecule has 0 spiro atoms. The highest BCUT2D eigenvalue weighted by Crippen LogP contribution is 2.15. The molecular weight excluding hydrogens is 299 g/mol. The van der Waals surface area contributed by atoms with Crippen LogP contribution in [0.5, 0.6) is 5.75 Å². The second kappa shape index (κ2) is 6.58. The summed E-state index contributed by atoms with van der Waals surface area (Å²) in [5.74, 6) is -0.277. The second-order valence-electron chi connectivity index (χ2n) is 5.28. The van der Waals surface area contributed by atoms with Gasteiger partial charge in [-0.1, -0.05) is 0 Å². The van der Waals surface area contributed by atoms with Gasteiger partial charge in [0.15, 0.2) is 0 Å². The van der Waals surface area contributed by atoms with Gasteiger partial charge in [-0.25, -0.2) is 4.39 Å². The molecule has 0 amide bonds. The fraction of sp³-hybridized carbons (Fsp3) is 0.312. The minimum absolute atomic E-state index is 0.0701. The molecule has 0 atom stereocenters. The third-order valence-electron chi connectivity index (χ3n) is 3.68. The monoisotopic (exact) mass is 314 g/mol. The molecule has 1 aromatic heterocycles. The summed E-state index contributed by atoms with van der Waals surface area (Å²) in [6, 6.07) is 6.98. The molecule has 1 N–H and O–H groups in total. The Bertz CT molecular complexity index is 806. The van der Waals surface area contributed by atoms with Crippen LogP contribution in [0.15, 0.2) is 35.3 Å². The Balaban J connectivity index is 1.83. The van der Waals surface area contributed by atoms with Crippen molar-refractivity contribution in [3.05, 3.63) is 52.2 Å². The summed E-state index contributed by atoms with van der Waals surface area (Å²) >= 11 is 0. The molecule has 0 saturated carbocycles. The van der Waals surface area contributed by atoms with E-state index in [4.69, 9.17) is 10.00 Å². The lowest BCUT2D eigenvalue weighted by atomic mass is 10.1. The van der Waals surface area contributed by atoms with E-state index in [1.54, 1.807) is 6.07 Å². The number of piperidine rings is 1. The summed E-state index contributed by atoms with van der Waals surface area (Å²) in [5, 5.41) is 16.0. The highest BCUT2D eigenvalue weighted by atomic mass is 19.1. The van der Waals surface area contributed by atoms with Crippen LogP contribution in [0, 0.1) is 17.1 Å². The van der Waals surface area contributed by atoms with Crippen LogP contribution in [0.1, 0.15) is 18.4 Å². The van der Waals surface area contributed by atoms with E-state index in [0.717, 1.165) is 36.7 Å². The topological polar surface area (TPSA) is 79.9 Å². The van der Waals surface area contributed by atoms with Gasteiger partial charge in [0, 0.05) is 12.1 Å². The standard InChI is InChI=1S/C16H15FN4O2/c17-15-7-12(2-1-11(15)9-18)21-16(22)8-14(10-20-21)23-13-3-5-19-6-4-13/h1-2,7-8,10,13,19H,3-6H2. The van der Waals surface area contributed by atoms with Gasteiger partial charge >= 0.3 is 0 Å². The lowest BCUT2D eigenvalue weighted by molar-refractivity contribution is 0.161.